The maximum absolute atomic E-state index is 15.1. The van der Waals surface area contributed by atoms with Gasteiger partial charge in [0.05, 0.1) is 34.7 Å². The monoisotopic (exact) mass is 601 g/mol. The molecular weight excluding hydrogens is 574 g/mol. The Balaban J connectivity index is 1.36. The first-order valence-corrected chi connectivity index (χ1v) is 13.9. The molecule has 0 saturated heterocycles. The van der Waals surface area contributed by atoms with Crippen LogP contribution in [0.1, 0.15) is 53.2 Å². The van der Waals surface area contributed by atoms with Gasteiger partial charge in [0.2, 0.25) is 0 Å². The van der Waals surface area contributed by atoms with Crippen LogP contribution in [0.4, 0.5) is 29.1 Å². The van der Waals surface area contributed by atoms with Crippen molar-refractivity contribution in [2.24, 2.45) is 5.92 Å². The molecule has 44 heavy (non-hydrogen) atoms. The van der Waals surface area contributed by atoms with E-state index in [0.29, 0.717) is 33.9 Å². The van der Waals surface area contributed by atoms with E-state index in [9.17, 15) is 23.5 Å². The first-order valence-electron chi connectivity index (χ1n) is 13.9. The van der Waals surface area contributed by atoms with Gasteiger partial charge < -0.3 is 21.5 Å². The fourth-order valence-electron chi connectivity index (χ4n) is 5.12. The Kier molecular flexibility index (Phi) is 7.67. The number of aromatic nitrogens is 3. The molecule has 1 aliphatic rings. The number of aliphatic hydroxyl groups excluding tert-OH is 1. The molecule has 0 bridgehead atoms. The van der Waals surface area contributed by atoms with Gasteiger partial charge >= 0.3 is 6.18 Å². The van der Waals surface area contributed by atoms with Crippen molar-refractivity contribution in [2.45, 2.75) is 31.3 Å². The number of benzene rings is 3. The lowest BCUT2D eigenvalue weighted by atomic mass is 9.96. The minimum absolute atomic E-state index is 0.127. The Morgan fingerprint density at radius 3 is 2.59 bits per heavy atom. The van der Waals surface area contributed by atoms with E-state index in [1.54, 1.807) is 36.4 Å². The highest BCUT2D eigenvalue weighted by Crippen LogP contribution is 2.35. The van der Waals surface area contributed by atoms with Crippen molar-refractivity contribution >= 4 is 22.3 Å². The predicted octanol–water partition coefficient (Wildman–Crippen LogP) is 6.22. The van der Waals surface area contributed by atoms with Crippen LogP contribution in [0.25, 0.3) is 16.5 Å². The van der Waals surface area contributed by atoms with Crippen molar-refractivity contribution in [3.63, 3.8) is 0 Å². The van der Waals surface area contributed by atoms with Gasteiger partial charge in [-0.25, -0.2) is 14.1 Å². The standard InChI is InChI=1S/C32H27F4N7O/c33-25-9-7-22(29(40-17-18-4-5-18)21-3-1-2-19(12-21)16-37)13-26(25)41-31(44)27-15-28(32(34,35)36)42-43(27)23-8-6-20-10-11-39-30(38)24(20)14-23/h1-3,6-15,18,29,31,40-41,44H,4-5,17H2,(H2,38,39). The summed E-state index contributed by atoms with van der Waals surface area (Å²) in [5.41, 5.74) is 6.45. The van der Waals surface area contributed by atoms with E-state index in [1.807, 2.05) is 6.07 Å². The average molecular weight is 602 g/mol. The Morgan fingerprint density at radius 2 is 1.84 bits per heavy atom. The molecule has 0 amide bonds. The van der Waals surface area contributed by atoms with Crippen molar-refractivity contribution in [1.82, 2.24) is 20.1 Å². The van der Waals surface area contributed by atoms with Gasteiger partial charge in [-0.1, -0.05) is 24.3 Å². The summed E-state index contributed by atoms with van der Waals surface area (Å²) in [7, 11) is 0. The van der Waals surface area contributed by atoms with Crippen LogP contribution in [0, 0.1) is 23.1 Å². The molecule has 2 aromatic heterocycles. The molecule has 2 unspecified atom stereocenters. The number of hydrogen-bond donors (Lipinski definition) is 4. The number of nitrogens with two attached hydrogens (primary N) is 1. The zero-order valence-corrected chi connectivity index (χ0v) is 23.2. The second-order valence-electron chi connectivity index (χ2n) is 10.8. The Morgan fingerprint density at radius 1 is 1.05 bits per heavy atom. The molecule has 1 aliphatic carbocycles. The molecule has 224 valence electrons. The highest BCUT2D eigenvalue weighted by atomic mass is 19.4. The Labute approximate surface area is 249 Å². The molecule has 6 rings (SSSR count). The van der Waals surface area contributed by atoms with Crippen LogP contribution >= 0.6 is 0 Å². The summed E-state index contributed by atoms with van der Waals surface area (Å²) in [4.78, 5) is 4.03. The first-order chi connectivity index (χ1) is 21.1. The molecule has 0 aliphatic heterocycles. The third-order valence-electron chi connectivity index (χ3n) is 7.61. The molecule has 0 spiro atoms. The van der Waals surface area contributed by atoms with Crippen molar-refractivity contribution < 1.29 is 22.7 Å². The molecule has 3 aromatic carbocycles. The summed E-state index contributed by atoms with van der Waals surface area (Å²) in [6.45, 7) is 0.718. The first kappa shape index (κ1) is 29.1. The maximum Gasteiger partial charge on any atom is 0.435 e. The lowest BCUT2D eigenvalue weighted by Crippen LogP contribution is -2.25. The molecule has 12 heteroatoms. The molecule has 5 aromatic rings. The van der Waals surface area contributed by atoms with E-state index < -0.39 is 30.0 Å². The summed E-state index contributed by atoms with van der Waals surface area (Å²) in [6.07, 6.45) is -2.87. The lowest BCUT2D eigenvalue weighted by molar-refractivity contribution is -0.141. The van der Waals surface area contributed by atoms with Crippen LogP contribution < -0.4 is 16.4 Å². The summed E-state index contributed by atoms with van der Waals surface area (Å²) >= 11 is 0. The van der Waals surface area contributed by atoms with Gasteiger partial charge in [0, 0.05) is 11.6 Å². The maximum atomic E-state index is 15.1. The van der Waals surface area contributed by atoms with Gasteiger partial charge in [-0.15, -0.1) is 0 Å². The van der Waals surface area contributed by atoms with Gasteiger partial charge in [-0.3, -0.25) is 0 Å². The van der Waals surface area contributed by atoms with Gasteiger partial charge in [0.15, 0.2) is 11.9 Å². The number of alkyl halides is 3. The topological polar surface area (TPSA) is 125 Å². The SMILES string of the molecule is N#Cc1cccc(C(NCC2CC2)c2ccc(F)c(NC(O)c3cc(C(F)(F)F)nn3-c3ccc4ccnc(N)c4c3)c2)c1. The molecular formula is C32H27F4N7O. The molecule has 8 nitrogen and oxygen atoms in total. The van der Waals surface area contributed by atoms with E-state index in [1.165, 1.54) is 30.5 Å². The number of halogens is 4. The highest BCUT2D eigenvalue weighted by molar-refractivity contribution is 5.92. The average Bonchev–Trinajstić information content (AvgIpc) is 3.72. The van der Waals surface area contributed by atoms with E-state index in [4.69, 9.17) is 5.73 Å². The van der Waals surface area contributed by atoms with E-state index in [0.717, 1.165) is 29.6 Å². The quantitative estimate of drug-likeness (QED) is 0.117. The van der Waals surface area contributed by atoms with Crippen LogP contribution in [0.3, 0.4) is 0 Å². The highest BCUT2D eigenvalue weighted by Gasteiger charge is 2.36. The fraction of sp³-hybridized carbons (Fsp3) is 0.219. The number of rotatable bonds is 9. The molecule has 1 fully saturated rings. The normalized spacial score (nSPS) is 14.7. The smallest absolute Gasteiger partial charge is 0.383 e. The number of nitrogen functional groups attached to an aromatic ring is 1. The predicted molar refractivity (Wildman–Crippen MR) is 157 cm³/mol. The summed E-state index contributed by atoms with van der Waals surface area (Å²) in [5.74, 6) is -0.0103. The number of pyridine rings is 1. The van der Waals surface area contributed by atoms with Crippen LogP contribution in [0.15, 0.2) is 79.0 Å². The zero-order chi connectivity index (χ0) is 31.0. The fourth-order valence-corrected chi connectivity index (χ4v) is 5.12. The molecule has 2 atom stereocenters. The summed E-state index contributed by atoms with van der Waals surface area (Å²) < 4.78 is 57.4. The van der Waals surface area contributed by atoms with E-state index in [2.05, 4.69) is 26.8 Å². The number of nitrogens with zero attached hydrogens (tertiary/aromatic N) is 4. The van der Waals surface area contributed by atoms with E-state index >= 15 is 4.39 Å². The zero-order valence-electron chi connectivity index (χ0n) is 23.2. The molecule has 1 saturated carbocycles. The molecule has 2 heterocycles. The number of fused-ring (bicyclic) bond motifs is 1. The summed E-state index contributed by atoms with van der Waals surface area (Å²) in [5, 5.41) is 31.7. The minimum atomic E-state index is -4.80. The summed E-state index contributed by atoms with van der Waals surface area (Å²) in [6, 6.07) is 20.2. The Bertz CT molecular complexity index is 1880. The van der Waals surface area contributed by atoms with Gasteiger partial charge in [0.25, 0.3) is 0 Å². The molecule has 5 N–H and O–H groups in total. The van der Waals surface area contributed by atoms with Gasteiger partial charge in [0.1, 0.15) is 11.6 Å². The van der Waals surface area contributed by atoms with Crippen molar-refractivity contribution in [3.05, 3.63) is 113 Å². The van der Waals surface area contributed by atoms with Crippen molar-refractivity contribution in [3.8, 4) is 11.8 Å². The Hall–Kier alpha value is -4.99. The second kappa shape index (κ2) is 11.6. The second-order valence-corrected chi connectivity index (χ2v) is 10.8. The van der Waals surface area contributed by atoms with Crippen LogP contribution in [0.5, 0.6) is 0 Å². The number of nitrogens with one attached hydrogen (secondary N) is 2. The van der Waals surface area contributed by atoms with Crippen LogP contribution in [0.2, 0.25) is 0 Å². The minimum Gasteiger partial charge on any atom is -0.383 e. The van der Waals surface area contributed by atoms with Crippen LogP contribution in [-0.2, 0) is 6.18 Å². The third-order valence-corrected chi connectivity index (χ3v) is 7.61. The number of anilines is 2. The van der Waals surface area contributed by atoms with E-state index in [-0.39, 0.29) is 22.9 Å². The lowest BCUT2D eigenvalue weighted by Gasteiger charge is -2.22. The van der Waals surface area contributed by atoms with Gasteiger partial charge in [-0.2, -0.15) is 23.5 Å². The number of aliphatic hydroxyl groups is 1. The van der Waals surface area contributed by atoms with Crippen molar-refractivity contribution in [2.75, 3.05) is 17.6 Å². The number of nitriles is 1. The van der Waals surface area contributed by atoms with Crippen molar-refractivity contribution in [1.29, 1.82) is 5.26 Å². The van der Waals surface area contributed by atoms with Crippen LogP contribution in [-0.4, -0.2) is 26.4 Å². The largest absolute Gasteiger partial charge is 0.435 e. The van der Waals surface area contributed by atoms with Gasteiger partial charge in [-0.05, 0) is 90.3 Å². The molecule has 0 radical (unpaired) electrons. The number of hydrogen-bond acceptors (Lipinski definition) is 7. The third kappa shape index (κ3) is 6.06.